The van der Waals surface area contributed by atoms with E-state index in [1.54, 1.807) is 23.0 Å². The lowest BCUT2D eigenvalue weighted by Crippen LogP contribution is -2.33. The molecule has 2 amide bonds. The second kappa shape index (κ2) is 10.4. The molecule has 1 N–H and O–H groups in total. The molecule has 0 bridgehead atoms. The monoisotopic (exact) mass is 471 g/mol. The minimum Gasteiger partial charge on any atom is -0.383 e. The van der Waals surface area contributed by atoms with Crippen LogP contribution in [0.1, 0.15) is 28.8 Å². The standard InChI is InChI=1S/C23H25N3O4S2/c1-30-12-11-26-22(29)20-16-9-5-6-10-17(16)32-21(20)25-23(26)31-14-19(28)24-18(27)13-15-7-3-2-4-8-15/h2-4,7-8H,5-6,9-14H2,1H3,(H,24,27,28). The Morgan fingerprint density at radius 2 is 1.97 bits per heavy atom. The number of nitrogens with zero attached hydrogens (tertiary/aromatic N) is 2. The third-order valence-corrected chi connectivity index (χ3v) is 7.54. The predicted molar refractivity (Wildman–Crippen MR) is 126 cm³/mol. The van der Waals surface area contributed by atoms with Crippen LogP contribution in [0.5, 0.6) is 0 Å². The van der Waals surface area contributed by atoms with Crippen molar-refractivity contribution in [2.45, 2.75) is 43.8 Å². The summed E-state index contributed by atoms with van der Waals surface area (Å²) in [6.07, 6.45) is 4.26. The summed E-state index contributed by atoms with van der Waals surface area (Å²) >= 11 is 2.75. The Labute approximate surface area is 194 Å². The van der Waals surface area contributed by atoms with E-state index in [0.717, 1.165) is 41.6 Å². The highest BCUT2D eigenvalue weighted by molar-refractivity contribution is 7.99. The first-order valence-corrected chi connectivity index (χ1v) is 12.4. The van der Waals surface area contributed by atoms with E-state index < -0.39 is 5.91 Å². The van der Waals surface area contributed by atoms with Gasteiger partial charge >= 0.3 is 0 Å². The van der Waals surface area contributed by atoms with Gasteiger partial charge in [-0.1, -0.05) is 42.1 Å². The zero-order valence-corrected chi connectivity index (χ0v) is 19.5. The van der Waals surface area contributed by atoms with Crippen LogP contribution in [0.15, 0.2) is 40.3 Å². The van der Waals surface area contributed by atoms with Crippen molar-refractivity contribution in [3.8, 4) is 0 Å². The normalized spacial score (nSPS) is 13.2. The number of imide groups is 1. The van der Waals surface area contributed by atoms with E-state index in [-0.39, 0.29) is 23.6 Å². The minimum atomic E-state index is -0.408. The minimum absolute atomic E-state index is 0.00342. The Morgan fingerprint density at radius 3 is 2.75 bits per heavy atom. The number of thiophene rings is 1. The molecule has 0 fully saturated rings. The third-order valence-electron chi connectivity index (χ3n) is 5.38. The topological polar surface area (TPSA) is 90.3 Å². The van der Waals surface area contributed by atoms with Gasteiger partial charge < -0.3 is 4.74 Å². The second-order valence-corrected chi connectivity index (χ2v) is 9.68. The van der Waals surface area contributed by atoms with E-state index in [4.69, 9.17) is 9.72 Å². The molecule has 2 aromatic heterocycles. The van der Waals surface area contributed by atoms with Gasteiger partial charge in [-0.25, -0.2) is 4.98 Å². The number of hydrogen-bond acceptors (Lipinski definition) is 7. The van der Waals surface area contributed by atoms with Gasteiger partial charge in [-0.2, -0.15) is 0 Å². The fourth-order valence-electron chi connectivity index (χ4n) is 3.86. The quantitative estimate of drug-likeness (QED) is 0.401. The highest BCUT2D eigenvalue weighted by Gasteiger charge is 2.22. The molecule has 0 radical (unpaired) electrons. The van der Waals surface area contributed by atoms with Crippen LogP contribution in [0.25, 0.3) is 10.2 Å². The second-order valence-electron chi connectivity index (χ2n) is 7.66. The van der Waals surface area contributed by atoms with E-state index in [2.05, 4.69) is 5.32 Å². The smallest absolute Gasteiger partial charge is 0.263 e. The number of nitrogens with one attached hydrogen (secondary N) is 1. The number of carbonyl (C=O) groups is 2. The van der Waals surface area contributed by atoms with Crippen molar-refractivity contribution in [2.75, 3.05) is 19.5 Å². The van der Waals surface area contributed by atoms with Crippen LogP contribution >= 0.6 is 23.1 Å². The summed E-state index contributed by atoms with van der Waals surface area (Å²) in [4.78, 5) is 44.6. The lowest BCUT2D eigenvalue weighted by atomic mass is 9.97. The molecule has 9 heteroatoms. The molecule has 2 heterocycles. The zero-order valence-electron chi connectivity index (χ0n) is 17.9. The molecule has 3 aromatic rings. The molecule has 168 valence electrons. The van der Waals surface area contributed by atoms with Gasteiger partial charge in [0.1, 0.15) is 4.83 Å². The van der Waals surface area contributed by atoms with E-state index in [0.29, 0.717) is 23.7 Å². The number of fused-ring (bicyclic) bond motifs is 3. The fourth-order valence-corrected chi connectivity index (χ4v) is 5.98. The molecule has 0 aliphatic heterocycles. The number of carbonyl (C=O) groups excluding carboxylic acids is 2. The number of hydrogen-bond donors (Lipinski definition) is 1. The van der Waals surface area contributed by atoms with Crippen molar-refractivity contribution >= 4 is 45.1 Å². The van der Waals surface area contributed by atoms with E-state index >= 15 is 0 Å². The lowest BCUT2D eigenvalue weighted by Gasteiger charge is -2.13. The molecule has 0 saturated heterocycles. The van der Waals surface area contributed by atoms with Crippen LogP contribution in [0.2, 0.25) is 0 Å². The average Bonchev–Trinajstić information content (AvgIpc) is 3.16. The average molecular weight is 472 g/mol. The van der Waals surface area contributed by atoms with E-state index in [1.807, 2.05) is 30.3 Å². The predicted octanol–water partition coefficient (Wildman–Crippen LogP) is 2.96. The van der Waals surface area contributed by atoms with Crippen molar-refractivity contribution in [1.29, 1.82) is 0 Å². The molecule has 32 heavy (non-hydrogen) atoms. The van der Waals surface area contributed by atoms with Crippen molar-refractivity contribution in [2.24, 2.45) is 0 Å². The molecule has 4 rings (SSSR count). The number of methoxy groups -OCH3 is 1. The van der Waals surface area contributed by atoms with Gasteiger partial charge in [0.25, 0.3) is 5.56 Å². The highest BCUT2D eigenvalue weighted by Crippen LogP contribution is 2.34. The molecule has 1 aliphatic carbocycles. The third kappa shape index (κ3) is 5.11. The number of aryl methyl sites for hydroxylation is 2. The molecular weight excluding hydrogens is 446 g/mol. The molecule has 0 unspecified atom stereocenters. The van der Waals surface area contributed by atoms with Gasteiger partial charge in [-0.05, 0) is 36.8 Å². The summed E-state index contributed by atoms with van der Waals surface area (Å²) in [6.45, 7) is 0.731. The number of benzene rings is 1. The Kier molecular flexibility index (Phi) is 7.39. The summed E-state index contributed by atoms with van der Waals surface area (Å²) in [7, 11) is 1.59. The lowest BCUT2D eigenvalue weighted by molar-refractivity contribution is -0.128. The van der Waals surface area contributed by atoms with Crippen LogP contribution in [-0.2, 0) is 40.1 Å². The van der Waals surface area contributed by atoms with Gasteiger partial charge in [-0.15, -0.1) is 11.3 Å². The molecule has 1 aliphatic rings. The largest absolute Gasteiger partial charge is 0.383 e. The molecule has 0 spiro atoms. The Bertz CT molecular complexity index is 1190. The number of aromatic nitrogens is 2. The van der Waals surface area contributed by atoms with E-state index in [9.17, 15) is 14.4 Å². The van der Waals surface area contributed by atoms with Crippen LogP contribution < -0.4 is 10.9 Å². The Morgan fingerprint density at radius 1 is 1.19 bits per heavy atom. The summed E-state index contributed by atoms with van der Waals surface area (Å²) in [6, 6.07) is 9.26. The summed E-state index contributed by atoms with van der Waals surface area (Å²) < 4.78 is 6.77. The van der Waals surface area contributed by atoms with Crippen LogP contribution in [0, 0.1) is 0 Å². The van der Waals surface area contributed by atoms with Gasteiger partial charge in [0.2, 0.25) is 11.8 Å². The fraction of sp³-hybridized carbons (Fsp3) is 0.391. The van der Waals surface area contributed by atoms with E-state index in [1.165, 1.54) is 16.6 Å². The van der Waals surface area contributed by atoms with Crippen molar-refractivity contribution in [3.63, 3.8) is 0 Å². The number of amides is 2. The Balaban J connectivity index is 1.50. The molecule has 0 atom stereocenters. The number of ether oxygens (including phenoxy) is 1. The Hall–Kier alpha value is -2.49. The van der Waals surface area contributed by atoms with Crippen molar-refractivity contribution in [1.82, 2.24) is 14.9 Å². The van der Waals surface area contributed by atoms with Crippen molar-refractivity contribution < 1.29 is 14.3 Å². The highest BCUT2D eigenvalue weighted by atomic mass is 32.2. The number of thioether (sulfide) groups is 1. The molecular formula is C23H25N3O4S2. The van der Waals surface area contributed by atoms with Crippen molar-refractivity contribution in [3.05, 3.63) is 56.7 Å². The molecule has 0 saturated carbocycles. The van der Waals surface area contributed by atoms with Crippen LogP contribution in [0.3, 0.4) is 0 Å². The number of rotatable bonds is 8. The van der Waals surface area contributed by atoms with Gasteiger partial charge in [-0.3, -0.25) is 24.3 Å². The maximum Gasteiger partial charge on any atom is 0.263 e. The first kappa shape index (κ1) is 22.7. The van der Waals surface area contributed by atoms with Crippen LogP contribution in [0.4, 0.5) is 0 Å². The molecule has 1 aromatic carbocycles. The maximum atomic E-state index is 13.3. The van der Waals surface area contributed by atoms with Gasteiger partial charge in [0, 0.05) is 12.0 Å². The van der Waals surface area contributed by atoms with Gasteiger partial charge in [0.05, 0.1) is 30.7 Å². The summed E-state index contributed by atoms with van der Waals surface area (Å²) in [5.41, 5.74) is 1.91. The molecule has 7 nitrogen and oxygen atoms in total. The summed E-state index contributed by atoms with van der Waals surface area (Å²) in [5, 5.41) is 3.61. The summed E-state index contributed by atoms with van der Waals surface area (Å²) in [5.74, 6) is -0.765. The maximum absolute atomic E-state index is 13.3. The zero-order chi connectivity index (χ0) is 22.5. The van der Waals surface area contributed by atoms with Gasteiger partial charge in [0.15, 0.2) is 5.16 Å². The van der Waals surface area contributed by atoms with Crippen LogP contribution in [-0.4, -0.2) is 40.8 Å². The SMILES string of the molecule is COCCn1c(SCC(=O)NC(=O)Cc2ccccc2)nc2sc3c(c2c1=O)CCCC3. The first-order chi connectivity index (χ1) is 15.6. The first-order valence-electron chi connectivity index (χ1n) is 10.6.